The van der Waals surface area contributed by atoms with E-state index in [9.17, 15) is 9.59 Å². The molecule has 9 heteroatoms. The number of amides is 2. The fourth-order valence-corrected chi connectivity index (χ4v) is 0.508. The molecule has 0 aromatic heterocycles. The molecular formula is C4H8NNaO6S. The van der Waals surface area contributed by atoms with Gasteiger partial charge in [0.05, 0.1) is 0 Å². The van der Waals surface area contributed by atoms with Gasteiger partial charge in [-0.2, -0.15) is 8.42 Å². The van der Waals surface area contributed by atoms with Gasteiger partial charge >= 0.3 is 40.0 Å². The van der Waals surface area contributed by atoms with E-state index in [1.165, 1.54) is 0 Å². The maximum atomic E-state index is 10.1. The van der Waals surface area contributed by atoms with Gasteiger partial charge in [-0.05, 0) is 0 Å². The van der Waals surface area contributed by atoms with Crippen LogP contribution in [-0.4, -0.2) is 58.9 Å². The average molecular weight is 221 g/mol. The number of hydrogen-bond acceptors (Lipinski definition) is 4. The summed E-state index contributed by atoms with van der Waals surface area (Å²) in [6.45, 7) is 0. The first-order valence-corrected chi connectivity index (χ1v) is 4.21. The molecule has 0 saturated carbocycles. The number of carbonyl (C=O) groups is 2. The summed E-state index contributed by atoms with van der Waals surface area (Å²) in [7, 11) is -4.67. The third-order valence-electron chi connectivity index (χ3n) is 0.858. The van der Waals surface area contributed by atoms with Crippen molar-refractivity contribution in [2.24, 2.45) is 0 Å². The summed E-state index contributed by atoms with van der Waals surface area (Å²) in [4.78, 5) is 20.2. The fraction of sp³-hybridized carbons (Fsp3) is 0.500. The van der Waals surface area contributed by atoms with Crippen LogP contribution in [0.1, 0.15) is 12.8 Å². The van der Waals surface area contributed by atoms with E-state index in [2.05, 4.69) is 5.32 Å². The van der Waals surface area contributed by atoms with E-state index in [-0.39, 0.29) is 41.4 Å². The van der Waals surface area contributed by atoms with Crippen molar-refractivity contribution in [1.82, 2.24) is 5.32 Å². The van der Waals surface area contributed by atoms with Crippen molar-refractivity contribution >= 4 is 51.8 Å². The monoisotopic (exact) mass is 221 g/mol. The molecule has 0 aromatic rings. The van der Waals surface area contributed by atoms with Crippen LogP contribution in [0.3, 0.4) is 0 Å². The predicted octanol–water partition coefficient (Wildman–Crippen LogP) is -1.88. The van der Waals surface area contributed by atoms with Crippen molar-refractivity contribution in [1.29, 1.82) is 0 Å². The average Bonchev–Trinajstić information content (AvgIpc) is 2.09. The number of imide groups is 1. The predicted molar refractivity (Wildman–Crippen MR) is 43.7 cm³/mol. The van der Waals surface area contributed by atoms with Crippen molar-refractivity contribution in [2.75, 3.05) is 0 Å². The van der Waals surface area contributed by atoms with Gasteiger partial charge in [-0.1, -0.05) is 0 Å². The third-order valence-corrected chi connectivity index (χ3v) is 0.858. The molecule has 0 radical (unpaired) electrons. The Kier molecular flexibility index (Phi) is 7.69. The molecule has 0 aromatic carbocycles. The van der Waals surface area contributed by atoms with E-state index in [0.29, 0.717) is 12.8 Å². The van der Waals surface area contributed by atoms with Crippen molar-refractivity contribution in [3.05, 3.63) is 0 Å². The first-order valence-electron chi connectivity index (χ1n) is 2.81. The van der Waals surface area contributed by atoms with Gasteiger partial charge in [0.25, 0.3) is 0 Å². The third kappa shape index (κ3) is 14.8. The summed E-state index contributed by atoms with van der Waals surface area (Å²) in [5.41, 5.74) is 0. The van der Waals surface area contributed by atoms with Gasteiger partial charge in [0, 0.05) is 12.8 Å². The van der Waals surface area contributed by atoms with E-state index >= 15 is 0 Å². The molecule has 1 heterocycles. The van der Waals surface area contributed by atoms with Gasteiger partial charge < -0.3 is 0 Å². The zero-order chi connectivity index (χ0) is 9.78. The molecule has 1 fully saturated rings. The topological polar surface area (TPSA) is 121 Å². The van der Waals surface area contributed by atoms with Gasteiger partial charge in [0.1, 0.15) is 0 Å². The van der Waals surface area contributed by atoms with Crippen molar-refractivity contribution in [3.8, 4) is 0 Å². The molecule has 2 amide bonds. The van der Waals surface area contributed by atoms with Crippen LogP contribution in [-0.2, 0) is 20.0 Å². The number of carbonyl (C=O) groups excluding carboxylic acids is 2. The Morgan fingerprint density at radius 1 is 1.08 bits per heavy atom. The molecule has 1 aliphatic heterocycles. The second kappa shape index (κ2) is 6.46. The summed E-state index contributed by atoms with van der Waals surface area (Å²) in [6, 6.07) is 0. The van der Waals surface area contributed by atoms with Crippen LogP contribution in [0, 0.1) is 0 Å². The zero-order valence-electron chi connectivity index (χ0n) is 5.85. The van der Waals surface area contributed by atoms with Crippen molar-refractivity contribution in [3.63, 3.8) is 0 Å². The summed E-state index contributed by atoms with van der Waals surface area (Å²) < 4.78 is 31.6. The second-order valence-electron chi connectivity index (χ2n) is 1.92. The Morgan fingerprint density at radius 2 is 1.31 bits per heavy atom. The first kappa shape index (κ1) is 15.5. The molecule has 13 heavy (non-hydrogen) atoms. The molecule has 1 saturated heterocycles. The molecule has 0 aliphatic carbocycles. The standard InChI is InChI=1S/C4H5NO2.Na.H2O4S.H/c6-3-1-2-4(7)5-3;;1-5(2,3)4;/h1-2H2,(H,5,6,7);;(H2,1,2,3,4);. The number of hydrogen-bond donors (Lipinski definition) is 3. The second-order valence-corrected chi connectivity index (χ2v) is 2.81. The molecule has 0 unspecified atom stereocenters. The minimum absolute atomic E-state index is 0. The van der Waals surface area contributed by atoms with E-state index < -0.39 is 10.4 Å². The number of rotatable bonds is 0. The van der Waals surface area contributed by atoms with Gasteiger partial charge in [0.15, 0.2) is 0 Å². The summed E-state index contributed by atoms with van der Waals surface area (Å²) in [5, 5.41) is 2.14. The molecule has 0 spiro atoms. The van der Waals surface area contributed by atoms with Gasteiger partial charge in [-0.3, -0.25) is 24.0 Å². The van der Waals surface area contributed by atoms with Gasteiger partial charge in [-0.15, -0.1) is 0 Å². The molecule has 1 aliphatic rings. The Morgan fingerprint density at radius 3 is 1.38 bits per heavy atom. The Bertz CT molecular complexity index is 263. The van der Waals surface area contributed by atoms with Gasteiger partial charge in [-0.25, -0.2) is 0 Å². The normalized spacial score (nSPS) is 15.2. The van der Waals surface area contributed by atoms with E-state index in [1.54, 1.807) is 0 Å². The molecule has 72 valence electrons. The van der Waals surface area contributed by atoms with Crippen LogP contribution < -0.4 is 5.32 Å². The molecule has 0 bridgehead atoms. The summed E-state index contributed by atoms with van der Waals surface area (Å²) in [6.07, 6.45) is 0.748. The molecule has 1 rings (SSSR count). The SMILES string of the molecule is O=C1CCC(=O)N1.O=S(=O)(O)O.[NaH]. The van der Waals surface area contributed by atoms with Crippen LogP contribution in [0.4, 0.5) is 0 Å². The van der Waals surface area contributed by atoms with E-state index in [4.69, 9.17) is 17.5 Å². The Hall–Kier alpha value is 0.01000. The van der Waals surface area contributed by atoms with Crippen LogP contribution in [0.15, 0.2) is 0 Å². The zero-order valence-corrected chi connectivity index (χ0v) is 6.67. The fourth-order valence-electron chi connectivity index (χ4n) is 0.508. The quantitative estimate of drug-likeness (QED) is 0.250. The maximum absolute atomic E-state index is 10.1. The molecule has 3 N–H and O–H groups in total. The van der Waals surface area contributed by atoms with Crippen LogP contribution in [0.2, 0.25) is 0 Å². The Labute approximate surface area is 96.8 Å². The number of nitrogens with one attached hydrogen (secondary N) is 1. The summed E-state index contributed by atoms with van der Waals surface area (Å²) in [5.74, 6) is -0.296. The first-order chi connectivity index (χ1) is 5.29. The molecular weight excluding hydrogens is 213 g/mol. The van der Waals surface area contributed by atoms with Crippen LogP contribution >= 0.6 is 0 Å². The molecule has 7 nitrogen and oxygen atoms in total. The van der Waals surface area contributed by atoms with Gasteiger partial charge in [0.2, 0.25) is 11.8 Å². The molecule has 0 atom stereocenters. The van der Waals surface area contributed by atoms with Crippen molar-refractivity contribution < 1.29 is 27.1 Å². The van der Waals surface area contributed by atoms with Crippen LogP contribution in [0.5, 0.6) is 0 Å². The van der Waals surface area contributed by atoms with E-state index in [1.807, 2.05) is 0 Å². The summed E-state index contributed by atoms with van der Waals surface area (Å²) >= 11 is 0. The van der Waals surface area contributed by atoms with E-state index in [0.717, 1.165) is 0 Å². The van der Waals surface area contributed by atoms with Crippen LogP contribution in [0.25, 0.3) is 0 Å². The Balaban J connectivity index is 0. The van der Waals surface area contributed by atoms with Crippen molar-refractivity contribution in [2.45, 2.75) is 12.8 Å². The minimum atomic E-state index is -4.67.